The Hall–Kier alpha value is -3.02. The van der Waals surface area contributed by atoms with Gasteiger partial charge in [-0.2, -0.15) is 8.78 Å². The van der Waals surface area contributed by atoms with Gasteiger partial charge in [-0.3, -0.25) is 14.6 Å². The number of carbonyl (C=O) groups is 2. The zero-order chi connectivity index (χ0) is 25.9. The highest BCUT2D eigenvalue weighted by Crippen LogP contribution is 2.37. The first-order valence-corrected chi connectivity index (χ1v) is 12.4. The minimum atomic E-state index is -3.17. The fourth-order valence-electron chi connectivity index (χ4n) is 4.45. The Morgan fingerprint density at radius 3 is 2.67 bits per heavy atom. The summed E-state index contributed by atoms with van der Waals surface area (Å²) < 4.78 is 37.4. The molecule has 3 unspecified atom stereocenters. The second kappa shape index (κ2) is 10.9. The van der Waals surface area contributed by atoms with Gasteiger partial charge >= 0.3 is 5.66 Å². The number of hydrogen-bond acceptors (Lipinski definition) is 5. The molecule has 1 aromatic carbocycles. The Balaban J connectivity index is 1.44. The van der Waals surface area contributed by atoms with E-state index in [0.717, 1.165) is 12.0 Å². The second-order valence-electron chi connectivity index (χ2n) is 9.04. The summed E-state index contributed by atoms with van der Waals surface area (Å²) in [5, 5.41) is 0. The van der Waals surface area contributed by atoms with Crippen molar-refractivity contribution >= 4 is 20.8 Å². The molecule has 2 aromatic heterocycles. The number of aryl methyl sites for hydroxylation is 1. The van der Waals surface area contributed by atoms with E-state index in [1.807, 2.05) is 31.2 Å². The third kappa shape index (κ3) is 5.85. The molecule has 5 nitrogen and oxygen atoms in total. The Morgan fingerprint density at radius 1 is 1.19 bits per heavy atom. The van der Waals surface area contributed by atoms with E-state index in [9.17, 15) is 18.4 Å². The fourth-order valence-corrected chi connectivity index (χ4v) is 4.60. The van der Waals surface area contributed by atoms with Gasteiger partial charge in [0.25, 0.3) is 0 Å². The lowest BCUT2D eigenvalue weighted by Crippen LogP contribution is -2.34. The van der Waals surface area contributed by atoms with Crippen LogP contribution in [-0.2, 0) is 16.8 Å². The number of hydrogen-bond donors (Lipinski definition) is 0. The van der Waals surface area contributed by atoms with Crippen LogP contribution in [0.15, 0.2) is 71.5 Å². The van der Waals surface area contributed by atoms with Crippen LogP contribution in [-0.4, -0.2) is 29.8 Å². The number of allylic oxidation sites excluding steroid dienone is 1. The number of furan rings is 1. The van der Waals surface area contributed by atoms with Crippen LogP contribution in [0.1, 0.15) is 51.9 Å². The number of rotatable bonds is 9. The molecule has 1 aliphatic heterocycles. The summed E-state index contributed by atoms with van der Waals surface area (Å²) in [4.78, 5) is 30.5. The summed E-state index contributed by atoms with van der Waals surface area (Å²) >= 11 is 0. The average molecular weight is 512 g/mol. The number of alkyl halides is 2. The normalized spacial score (nSPS) is 18.1. The van der Waals surface area contributed by atoms with E-state index < -0.39 is 11.4 Å². The van der Waals surface area contributed by atoms with Gasteiger partial charge < -0.3 is 9.15 Å². The number of pyridine rings is 1. The first kappa shape index (κ1) is 26.1. The molecule has 0 spiro atoms. The quantitative estimate of drug-likeness (QED) is 0.187. The zero-order valence-corrected chi connectivity index (χ0v) is 21.2. The predicted molar refractivity (Wildman–Crippen MR) is 136 cm³/mol. The van der Waals surface area contributed by atoms with Gasteiger partial charge in [-0.05, 0) is 54.5 Å². The fraction of sp³-hybridized carbons (Fsp3) is 0.321. The summed E-state index contributed by atoms with van der Waals surface area (Å²) in [5.74, 6) is -1.15. The monoisotopic (exact) mass is 511 g/mol. The Morgan fingerprint density at radius 2 is 2.00 bits per heavy atom. The SMILES string of the molecule is C=C(CC1COCCC1C(=O)c1cccc(CC)c1)C(=O)c1ccc(-c2coc(C(F)(F)P)c2)cn1. The van der Waals surface area contributed by atoms with Crippen LogP contribution in [0.2, 0.25) is 0 Å². The number of halogens is 2. The highest BCUT2D eigenvalue weighted by molar-refractivity contribution is 7.17. The average Bonchev–Trinajstić information content (AvgIpc) is 3.39. The molecule has 1 fully saturated rings. The van der Waals surface area contributed by atoms with E-state index in [0.29, 0.717) is 48.3 Å². The van der Waals surface area contributed by atoms with Gasteiger partial charge in [0.1, 0.15) is 5.69 Å². The van der Waals surface area contributed by atoms with Crippen LogP contribution in [0.4, 0.5) is 8.78 Å². The first-order chi connectivity index (χ1) is 17.2. The number of ether oxygens (including phenoxy) is 1. The summed E-state index contributed by atoms with van der Waals surface area (Å²) in [6.07, 6.45) is 4.42. The molecule has 1 aliphatic rings. The molecule has 188 valence electrons. The lowest BCUT2D eigenvalue weighted by atomic mass is 9.78. The summed E-state index contributed by atoms with van der Waals surface area (Å²) in [6.45, 7) is 6.90. The minimum absolute atomic E-state index is 0.0665. The maximum atomic E-state index is 13.4. The maximum absolute atomic E-state index is 13.4. The second-order valence-corrected chi connectivity index (χ2v) is 9.76. The van der Waals surface area contributed by atoms with Gasteiger partial charge in [-0.1, -0.05) is 47.0 Å². The number of carbonyl (C=O) groups excluding carboxylic acids is 2. The number of aromatic nitrogens is 1. The molecule has 0 amide bonds. The van der Waals surface area contributed by atoms with E-state index in [-0.39, 0.29) is 29.1 Å². The van der Waals surface area contributed by atoms with Gasteiger partial charge in [-0.15, -0.1) is 0 Å². The Kier molecular flexibility index (Phi) is 7.91. The van der Waals surface area contributed by atoms with Crippen molar-refractivity contribution < 1.29 is 27.5 Å². The predicted octanol–water partition coefficient (Wildman–Crippen LogP) is 6.49. The van der Waals surface area contributed by atoms with E-state index in [2.05, 4.69) is 11.6 Å². The van der Waals surface area contributed by atoms with Gasteiger partial charge in [0, 0.05) is 35.4 Å². The summed E-state index contributed by atoms with van der Waals surface area (Å²) in [7, 11) is 1.43. The summed E-state index contributed by atoms with van der Waals surface area (Å²) in [6, 6.07) is 12.1. The van der Waals surface area contributed by atoms with Crippen molar-refractivity contribution in [1.29, 1.82) is 0 Å². The van der Waals surface area contributed by atoms with Gasteiger partial charge in [0.15, 0.2) is 11.5 Å². The molecule has 3 heterocycles. The molecule has 3 aromatic rings. The molecule has 0 aliphatic carbocycles. The highest BCUT2D eigenvalue weighted by atomic mass is 31.0. The number of ketones is 2. The lowest BCUT2D eigenvalue weighted by Gasteiger charge is -2.31. The van der Waals surface area contributed by atoms with Crippen LogP contribution < -0.4 is 0 Å². The zero-order valence-electron chi connectivity index (χ0n) is 20.0. The van der Waals surface area contributed by atoms with Crippen molar-refractivity contribution in [2.45, 2.75) is 31.8 Å². The van der Waals surface area contributed by atoms with E-state index in [1.54, 1.807) is 6.07 Å². The summed E-state index contributed by atoms with van der Waals surface area (Å²) in [5.41, 5.74) is 0.139. The Bertz CT molecular complexity index is 1260. The van der Waals surface area contributed by atoms with Crippen molar-refractivity contribution in [3.63, 3.8) is 0 Å². The molecule has 3 atom stereocenters. The Labute approximate surface area is 211 Å². The third-order valence-electron chi connectivity index (χ3n) is 6.52. The topological polar surface area (TPSA) is 69.4 Å². The molecule has 36 heavy (non-hydrogen) atoms. The van der Waals surface area contributed by atoms with Crippen LogP contribution >= 0.6 is 9.24 Å². The van der Waals surface area contributed by atoms with Gasteiger partial charge in [0.05, 0.1) is 12.9 Å². The third-order valence-corrected chi connectivity index (χ3v) is 6.80. The number of nitrogens with zero attached hydrogens (tertiary/aromatic N) is 1. The van der Waals surface area contributed by atoms with Crippen molar-refractivity contribution in [3.05, 3.63) is 89.7 Å². The van der Waals surface area contributed by atoms with Crippen molar-refractivity contribution in [2.75, 3.05) is 13.2 Å². The van der Waals surface area contributed by atoms with E-state index in [4.69, 9.17) is 9.15 Å². The van der Waals surface area contributed by atoms with Crippen LogP contribution in [0.3, 0.4) is 0 Å². The van der Waals surface area contributed by atoms with E-state index >= 15 is 0 Å². The smallest absolute Gasteiger partial charge is 0.315 e. The van der Waals surface area contributed by atoms with Crippen molar-refractivity contribution in [1.82, 2.24) is 4.98 Å². The first-order valence-electron chi connectivity index (χ1n) is 11.8. The maximum Gasteiger partial charge on any atom is 0.315 e. The number of benzene rings is 1. The molecule has 0 N–H and O–H groups in total. The molecule has 0 saturated carbocycles. The molecule has 4 rings (SSSR count). The molecular weight excluding hydrogens is 483 g/mol. The van der Waals surface area contributed by atoms with Crippen molar-refractivity contribution in [3.8, 4) is 11.1 Å². The van der Waals surface area contributed by atoms with E-state index in [1.165, 1.54) is 33.8 Å². The minimum Gasteiger partial charge on any atom is -0.462 e. The standard InChI is InChI=1S/C28H28F2NO4P/c1-3-18-5-4-6-19(12-18)27(33)23-9-10-34-15-22(23)11-17(2)26(32)24-8-7-20(14-31-24)21-13-25(35-16-21)28(29,30)36/h4-8,12-14,16,22-23H,2-3,9-11,15,36H2,1H3. The molecule has 8 heteroatoms. The van der Waals surface area contributed by atoms with Gasteiger partial charge in [0.2, 0.25) is 5.78 Å². The molecule has 1 saturated heterocycles. The largest absolute Gasteiger partial charge is 0.462 e. The van der Waals surface area contributed by atoms with Crippen molar-refractivity contribution in [2.24, 2.45) is 11.8 Å². The molecule has 0 radical (unpaired) electrons. The lowest BCUT2D eigenvalue weighted by molar-refractivity contribution is 0.0181. The molecular formula is C28H28F2NO4P. The number of Topliss-reactive ketones (excluding diaryl/α,β-unsaturated/α-hetero) is 2. The van der Waals surface area contributed by atoms with Crippen LogP contribution in [0.5, 0.6) is 0 Å². The van der Waals surface area contributed by atoms with Crippen LogP contribution in [0.25, 0.3) is 11.1 Å². The van der Waals surface area contributed by atoms with Gasteiger partial charge in [-0.25, -0.2) is 0 Å². The molecule has 0 bridgehead atoms. The van der Waals surface area contributed by atoms with Crippen LogP contribution in [0, 0.1) is 11.8 Å². The highest BCUT2D eigenvalue weighted by Gasteiger charge is 2.33.